The molecular formula is C24H23F4IrN4O-. The van der Waals surface area contributed by atoms with Gasteiger partial charge in [0.2, 0.25) is 0 Å². The SMILES string of the molecule is CC(C)(C)c1nc(-c2ccc(-c3[c-]cc4c(c3)C(F)(F)OC4(F)F)nc2)nc(C(C)(C)C)n1.[Ir]. The van der Waals surface area contributed by atoms with Crippen molar-refractivity contribution < 1.29 is 42.4 Å². The molecule has 10 heteroatoms. The van der Waals surface area contributed by atoms with Gasteiger partial charge in [-0.1, -0.05) is 53.7 Å². The molecule has 0 saturated carbocycles. The number of hydrogen-bond acceptors (Lipinski definition) is 5. The van der Waals surface area contributed by atoms with Crippen LogP contribution in [-0.4, -0.2) is 19.9 Å². The minimum Gasteiger partial charge on any atom is -0.304 e. The van der Waals surface area contributed by atoms with Crippen LogP contribution in [0.4, 0.5) is 17.6 Å². The number of halogens is 4. The van der Waals surface area contributed by atoms with Crippen LogP contribution in [0.2, 0.25) is 0 Å². The van der Waals surface area contributed by atoms with E-state index < -0.39 is 23.3 Å². The van der Waals surface area contributed by atoms with Crippen LogP contribution in [0.5, 0.6) is 0 Å². The summed E-state index contributed by atoms with van der Waals surface area (Å²) in [4.78, 5) is 18.2. The second kappa shape index (κ2) is 8.43. The molecule has 2 aromatic heterocycles. The van der Waals surface area contributed by atoms with Crippen molar-refractivity contribution in [2.75, 3.05) is 0 Å². The summed E-state index contributed by atoms with van der Waals surface area (Å²) >= 11 is 0. The summed E-state index contributed by atoms with van der Waals surface area (Å²) in [6.45, 7) is 12.0. The molecule has 0 spiro atoms. The Balaban J connectivity index is 0.00000324. The molecule has 0 N–H and O–H groups in total. The zero-order valence-corrected chi connectivity index (χ0v) is 21.8. The van der Waals surface area contributed by atoms with E-state index in [1.54, 1.807) is 12.1 Å². The van der Waals surface area contributed by atoms with Crippen molar-refractivity contribution in [1.29, 1.82) is 0 Å². The van der Waals surface area contributed by atoms with E-state index in [4.69, 9.17) is 0 Å². The van der Waals surface area contributed by atoms with E-state index in [2.05, 4.69) is 30.7 Å². The van der Waals surface area contributed by atoms with Gasteiger partial charge in [-0.25, -0.2) is 15.0 Å². The van der Waals surface area contributed by atoms with Crippen LogP contribution in [0, 0.1) is 6.07 Å². The van der Waals surface area contributed by atoms with Crippen LogP contribution in [0.15, 0.2) is 30.5 Å². The van der Waals surface area contributed by atoms with E-state index in [9.17, 15) is 17.6 Å². The first-order valence-corrected chi connectivity index (χ1v) is 10.3. The van der Waals surface area contributed by atoms with E-state index >= 15 is 0 Å². The number of pyridine rings is 1. The molecule has 4 rings (SSSR count). The molecule has 3 aromatic rings. The molecule has 0 saturated heterocycles. The minimum absolute atomic E-state index is 0. The van der Waals surface area contributed by atoms with E-state index in [1.807, 2.05) is 41.5 Å². The first-order chi connectivity index (χ1) is 15.1. The molecule has 1 aliphatic heterocycles. The molecule has 0 fully saturated rings. The molecule has 3 heterocycles. The van der Waals surface area contributed by atoms with E-state index in [0.29, 0.717) is 23.0 Å². The fraction of sp³-hybridized carbons (Fsp3) is 0.417. The standard InChI is InChI=1S/C24H23F4N4O.Ir/c1-21(2,3)19-30-18(31-20(32-19)22(4,5)6)14-8-10-17(29-12-14)13-7-9-15-16(11-13)24(27,28)33-23(15,25)26;/h8-12H,1-6H3;/q-1;. The molecule has 0 bridgehead atoms. The van der Waals surface area contributed by atoms with Crippen molar-refractivity contribution in [3.8, 4) is 22.6 Å². The predicted molar refractivity (Wildman–Crippen MR) is 114 cm³/mol. The second-order valence-electron chi connectivity index (χ2n) is 10.0. The Morgan fingerprint density at radius 3 is 1.88 bits per heavy atom. The average molecular weight is 652 g/mol. The fourth-order valence-corrected chi connectivity index (χ4v) is 3.25. The molecule has 34 heavy (non-hydrogen) atoms. The predicted octanol–water partition coefficient (Wildman–Crippen LogP) is 6.12. The number of ether oxygens (including phenoxy) is 1. The van der Waals surface area contributed by atoms with Gasteiger partial charge in [-0.3, -0.25) is 4.74 Å². The quantitative estimate of drug-likeness (QED) is 0.247. The van der Waals surface area contributed by atoms with Gasteiger partial charge in [0, 0.05) is 42.7 Å². The number of benzene rings is 1. The van der Waals surface area contributed by atoms with E-state index in [1.165, 1.54) is 6.20 Å². The number of rotatable bonds is 2. The van der Waals surface area contributed by atoms with Gasteiger partial charge in [0.05, 0.1) is 0 Å². The normalized spacial score (nSPS) is 16.6. The molecule has 0 unspecified atom stereocenters. The Kier molecular flexibility index (Phi) is 6.52. The van der Waals surface area contributed by atoms with Crippen molar-refractivity contribution >= 4 is 0 Å². The van der Waals surface area contributed by atoms with Gasteiger partial charge < -0.3 is 4.98 Å². The van der Waals surface area contributed by atoms with Gasteiger partial charge in [0.1, 0.15) is 11.6 Å². The minimum atomic E-state index is -4.10. The largest absolute Gasteiger partial charge is 0.371 e. The van der Waals surface area contributed by atoms with Gasteiger partial charge in [-0.15, -0.1) is 23.8 Å². The molecule has 0 atom stereocenters. The Morgan fingerprint density at radius 2 is 1.38 bits per heavy atom. The van der Waals surface area contributed by atoms with Gasteiger partial charge in [-0.2, -0.15) is 17.6 Å². The second-order valence-corrected chi connectivity index (χ2v) is 10.0. The fourth-order valence-electron chi connectivity index (χ4n) is 3.25. The maximum absolute atomic E-state index is 13.9. The average Bonchev–Trinajstić information content (AvgIpc) is 2.90. The van der Waals surface area contributed by atoms with E-state index in [-0.39, 0.29) is 42.2 Å². The molecular weight excluding hydrogens is 629 g/mol. The van der Waals surface area contributed by atoms with Crippen LogP contribution in [0.3, 0.4) is 0 Å². The molecule has 1 aliphatic rings. The molecule has 0 aliphatic carbocycles. The Bertz CT molecular complexity index is 1190. The van der Waals surface area contributed by atoms with Gasteiger partial charge in [0.25, 0.3) is 0 Å². The number of alkyl halides is 4. The maximum Gasteiger partial charge on any atom is 0.371 e. The molecule has 183 valence electrons. The third-order valence-corrected chi connectivity index (χ3v) is 5.11. The third kappa shape index (κ3) is 4.90. The topological polar surface area (TPSA) is 60.8 Å². The summed E-state index contributed by atoms with van der Waals surface area (Å²) in [5.41, 5.74) is -1.37. The summed E-state index contributed by atoms with van der Waals surface area (Å²) in [5, 5.41) is 0. The Hall–Kier alpha value is -2.29. The van der Waals surface area contributed by atoms with Crippen LogP contribution in [0.25, 0.3) is 22.6 Å². The molecule has 1 radical (unpaired) electrons. The molecule has 1 aromatic carbocycles. The smallest absolute Gasteiger partial charge is 0.304 e. The summed E-state index contributed by atoms with van der Waals surface area (Å²) in [5.74, 6) is 1.71. The molecule has 5 nitrogen and oxygen atoms in total. The first kappa shape index (κ1) is 26.3. The van der Waals surface area contributed by atoms with Crippen LogP contribution in [-0.2, 0) is 47.9 Å². The maximum atomic E-state index is 13.9. The zero-order chi connectivity index (χ0) is 24.4. The number of fused-ring (bicyclic) bond motifs is 1. The number of hydrogen-bond donors (Lipinski definition) is 0. The Labute approximate surface area is 208 Å². The summed E-state index contributed by atoms with van der Waals surface area (Å²) < 4.78 is 58.8. The van der Waals surface area contributed by atoms with Crippen molar-refractivity contribution in [3.05, 3.63) is 59.3 Å². The summed E-state index contributed by atoms with van der Waals surface area (Å²) in [6, 6.07) is 7.62. The van der Waals surface area contributed by atoms with Crippen LogP contribution in [0.1, 0.15) is 64.3 Å². The number of aromatic nitrogens is 4. The van der Waals surface area contributed by atoms with Crippen molar-refractivity contribution in [2.24, 2.45) is 0 Å². The van der Waals surface area contributed by atoms with Gasteiger partial charge in [0.15, 0.2) is 5.82 Å². The zero-order valence-electron chi connectivity index (χ0n) is 19.4. The summed E-state index contributed by atoms with van der Waals surface area (Å²) in [7, 11) is 0. The number of nitrogens with zero attached hydrogens (tertiary/aromatic N) is 4. The Morgan fingerprint density at radius 1 is 0.824 bits per heavy atom. The monoisotopic (exact) mass is 652 g/mol. The van der Waals surface area contributed by atoms with Crippen molar-refractivity contribution in [1.82, 2.24) is 19.9 Å². The summed E-state index contributed by atoms with van der Waals surface area (Å²) in [6.07, 6.45) is -6.66. The van der Waals surface area contributed by atoms with Crippen molar-refractivity contribution in [2.45, 2.75) is 64.6 Å². The van der Waals surface area contributed by atoms with Crippen LogP contribution < -0.4 is 0 Å². The van der Waals surface area contributed by atoms with Gasteiger partial charge >= 0.3 is 12.2 Å². The first-order valence-electron chi connectivity index (χ1n) is 10.3. The van der Waals surface area contributed by atoms with Gasteiger partial charge in [-0.05, 0) is 16.8 Å². The molecule has 0 amide bonds. The van der Waals surface area contributed by atoms with Crippen molar-refractivity contribution in [3.63, 3.8) is 0 Å². The third-order valence-electron chi connectivity index (χ3n) is 5.11. The van der Waals surface area contributed by atoms with Crippen LogP contribution >= 0.6 is 0 Å². The van der Waals surface area contributed by atoms with E-state index in [0.717, 1.165) is 12.1 Å².